The molecular formula is C17H30N4. The van der Waals surface area contributed by atoms with Crippen LogP contribution in [0, 0.1) is 17.3 Å². The Morgan fingerprint density at radius 2 is 2.05 bits per heavy atom. The van der Waals surface area contributed by atoms with E-state index in [4.69, 9.17) is 0 Å². The van der Waals surface area contributed by atoms with Gasteiger partial charge in [0.05, 0.1) is 18.1 Å². The zero-order chi connectivity index (χ0) is 15.5. The molecule has 1 fully saturated rings. The van der Waals surface area contributed by atoms with Crippen molar-refractivity contribution in [1.29, 1.82) is 0 Å². The number of nitrogens with zero attached hydrogens (tertiary/aromatic N) is 3. The number of hydrogen-bond donors (Lipinski definition) is 1. The van der Waals surface area contributed by atoms with Gasteiger partial charge in [-0.15, -0.1) is 0 Å². The van der Waals surface area contributed by atoms with Crippen LogP contribution in [-0.4, -0.2) is 29.6 Å². The van der Waals surface area contributed by atoms with E-state index in [2.05, 4.69) is 54.8 Å². The molecule has 1 aromatic rings. The number of rotatable bonds is 5. The Balaban J connectivity index is 1.88. The fourth-order valence-electron chi connectivity index (χ4n) is 2.77. The molecule has 1 aromatic heterocycles. The van der Waals surface area contributed by atoms with E-state index >= 15 is 0 Å². The van der Waals surface area contributed by atoms with Crippen molar-refractivity contribution in [2.45, 2.75) is 47.6 Å². The van der Waals surface area contributed by atoms with E-state index in [0.717, 1.165) is 43.6 Å². The van der Waals surface area contributed by atoms with Crippen LogP contribution in [0.2, 0.25) is 0 Å². The molecule has 21 heavy (non-hydrogen) atoms. The standard InChI is InChI=1S/C17H30N4/c1-13(2)8-18-9-15-10-20-16(11-19-15)21-7-6-14(12-21)17(3,4)5/h10-11,13-14,18H,6-9,12H2,1-5H3. The van der Waals surface area contributed by atoms with E-state index in [1.54, 1.807) is 0 Å². The van der Waals surface area contributed by atoms with Gasteiger partial charge in [0.2, 0.25) is 0 Å². The van der Waals surface area contributed by atoms with Gasteiger partial charge < -0.3 is 10.2 Å². The highest BCUT2D eigenvalue weighted by Crippen LogP contribution is 2.34. The molecule has 0 aliphatic carbocycles. The second-order valence-electron chi connectivity index (χ2n) is 7.69. The van der Waals surface area contributed by atoms with Gasteiger partial charge in [-0.2, -0.15) is 0 Å². The Labute approximate surface area is 129 Å². The zero-order valence-electron chi connectivity index (χ0n) is 14.2. The van der Waals surface area contributed by atoms with Gasteiger partial charge in [-0.05, 0) is 30.2 Å². The zero-order valence-corrected chi connectivity index (χ0v) is 14.2. The summed E-state index contributed by atoms with van der Waals surface area (Å²) in [4.78, 5) is 11.5. The molecule has 1 atom stereocenters. The Bertz CT molecular complexity index is 433. The maximum atomic E-state index is 4.60. The first-order chi connectivity index (χ1) is 9.86. The van der Waals surface area contributed by atoms with Crippen molar-refractivity contribution < 1.29 is 0 Å². The maximum Gasteiger partial charge on any atom is 0.147 e. The van der Waals surface area contributed by atoms with Crippen molar-refractivity contribution in [3.05, 3.63) is 18.1 Å². The fraction of sp³-hybridized carbons (Fsp3) is 0.765. The van der Waals surface area contributed by atoms with Crippen LogP contribution in [0.4, 0.5) is 5.82 Å². The summed E-state index contributed by atoms with van der Waals surface area (Å²) in [5.74, 6) is 2.43. The topological polar surface area (TPSA) is 41.1 Å². The minimum absolute atomic E-state index is 0.378. The summed E-state index contributed by atoms with van der Waals surface area (Å²) < 4.78 is 0. The Morgan fingerprint density at radius 3 is 2.57 bits per heavy atom. The molecule has 1 N–H and O–H groups in total. The summed E-state index contributed by atoms with van der Waals surface area (Å²) in [6, 6.07) is 0. The summed E-state index contributed by atoms with van der Waals surface area (Å²) in [5.41, 5.74) is 1.40. The van der Waals surface area contributed by atoms with Gasteiger partial charge in [0.1, 0.15) is 5.82 Å². The SMILES string of the molecule is CC(C)CNCc1cnc(N2CCC(C(C)(C)C)C2)cn1. The highest BCUT2D eigenvalue weighted by molar-refractivity contribution is 5.37. The molecule has 0 bridgehead atoms. The van der Waals surface area contributed by atoms with Gasteiger partial charge in [0.25, 0.3) is 0 Å². The van der Waals surface area contributed by atoms with Crippen LogP contribution in [0.5, 0.6) is 0 Å². The number of nitrogens with one attached hydrogen (secondary N) is 1. The quantitative estimate of drug-likeness (QED) is 0.905. The smallest absolute Gasteiger partial charge is 0.147 e. The van der Waals surface area contributed by atoms with Gasteiger partial charge in [-0.1, -0.05) is 34.6 Å². The Hall–Kier alpha value is -1.16. The summed E-state index contributed by atoms with van der Waals surface area (Å²) >= 11 is 0. The summed E-state index contributed by atoms with van der Waals surface area (Å²) in [7, 11) is 0. The van der Waals surface area contributed by atoms with Gasteiger partial charge >= 0.3 is 0 Å². The third kappa shape index (κ3) is 4.67. The summed E-state index contributed by atoms with van der Waals surface area (Å²) in [6.07, 6.45) is 5.09. The van der Waals surface area contributed by atoms with Gasteiger partial charge in [-0.25, -0.2) is 4.98 Å². The predicted octanol–water partition coefficient (Wildman–Crippen LogP) is 3.09. The van der Waals surface area contributed by atoms with Crippen molar-refractivity contribution in [2.24, 2.45) is 17.3 Å². The Morgan fingerprint density at radius 1 is 1.29 bits per heavy atom. The average molecular weight is 290 g/mol. The summed E-state index contributed by atoms with van der Waals surface area (Å²) in [5, 5.41) is 3.40. The van der Waals surface area contributed by atoms with E-state index in [-0.39, 0.29) is 0 Å². The van der Waals surface area contributed by atoms with Crippen LogP contribution >= 0.6 is 0 Å². The van der Waals surface area contributed by atoms with Crippen LogP contribution in [0.1, 0.15) is 46.7 Å². The molecule has 1 saturated heterocycles. The monoisotopic (exact) mass is 290 g/mol. The number of anilines is 1. The van der Waals surface area contributed by atoms with Crippen molar-refractivity contribution in [3.8, 4) is 0 Å². The lowest BCUT2D eigenvalue weighted by atomic mass is 9.80. The molecule has 2 rings (SSSR count). The lowest BCUT2D eigenvalue weighted by Crippen LogP contribution is -2.26. The van der Waals surface area contributed by atoms with Crippen LogP contribution in [0.25, 0.3) is 0 Å². The molecular weight excluding hydrogens is 260 g/mol. The second-order valence-corrected chi connectivity index (χ2v) is 7.69. The van der Waals surface area contributed by atoms with Gasteiger partial charge in [0, 0.05) is 19.6 Å². The lowest BCUT2D eigenvalue weighted by Gasteiger charge is -2.27. The molecule has 1 unspecified atom stereocenters. The van der Waals surface area contributed by atoms with E-state index in [1.807, 2.05) is 12.4 Å². The van der Waals surface area contributed by atoms with Crippen LogP contribution < -0.4 is 10.2 Å². The molecule has 0 aromatic carbocycles. The molecule has 4 nitrogen and oxygen atoms in total. The first-order valence-corrected chi connectivity index (χ1v) is 8.13. The van der Waals surface area contributed by atoms with Crippen molar-refractivity contribution >= 4 is 5.82 Å². The Kier molecular flexibility index (Phi) is 5.20. The van der Waals surface area contributed by atoms with Crippen LogP contribution in [0.15, 0.2) is 12.4 Å². The van der Waals surface area contributed by atoms with E-state index < -0.39 is 0 Å². The van der Waals surface area contributed by atoms with Crippen LogP contribution in [-0.2, 0) is 6.54 Å². The average Bonchev–Trinajstić information content (AvgIpc) is 2.88. The first-order valence-electron chi connectivity index (χ1n) is 8.13. The molecule has 0 spiro atoms. The largest absolute Gasteiger partial charge is 0.355 e. The normalized spacial score (nSPS) is 19.5. The fourth-order valence-corrected chi connectivity index (χ4v) is 2.77. The minimum Gasteiger partial charge on any atom is -0.355 e. The van der Waals surface area contributed by atoms with Crippen LogP contribution in [0.3, 0.4) is 0 Å². The van der Waals surface area contributed by atoms with Crippen molar-refractivity contribution in [3.63, 3.8) is 0 Å². The van der Waals surface area contributed by atoms with Gasteiger partial charge in [-0.3, -0.25) is 4.98 Å². The summed E-state index contributed by atoms with van der Waals surface area (Å²) in [6.45, 7) is 15.4. The molecule has 4 heteroatoms. The maximum absolute atomic E-state index is 4.60. The van der Waals surface area contributed by atoms with Crippen molar-refractivity contribution in [1.82, 2.24) is 15.3 Å². The molecule has 0 saturated carbocycles. The van der Waals surface area contributed by atoms with E-state index in [0.29, 0.717) is 11.3 Å². The highest BCUT2D eigenvalue weighted by atomic mass is 15.2. The second kappa shape index (κ2) is 6.73. The molecule has 2 heterocycles. The molecule has 118 valence electrons. The lowest BCUT2D eigenvalue weighted by molar-refractivity contribution is 0.263. The van der Waals surface area contributed by atoms with Crippen molar-refractivity contribution in [2.75, 3.05) is 24.5 Å². The van der Waals surface area contributed by atoms with Gasteiger partial charge in [0.15, 0.2) is 0 Å². The number of hydrogen-bond acceptors (Lipinski definition) is 4. The molecule has 1 aliphatic heterocycles. The minimum atomic E-state index is 0.378. The molecule has 0 radical (unpaired) electrons. The highest BCUT2D eigenvalue weighted by Gasteiger charge is 2.32. The molecule has 1 aliphatic rings. The van der Waals surface area contributed by atoms with E-state index in [1.165, 1.54) is 6.42 Å². The number of aromatic nitrogens is 2. The van der Waals surface area contributed by atoms with E-state index in [9.17, 15) is 0 Å². The first kappa shape index (κ1) is 16.2. The third-order valence-corrected chi connectivity index (χ3v) is 4.29. The third-order valence-electron chi connectivity index (χ3n) is 4.29. The molecule has 0 amide bonds. The predicted molar refractivity (Wildman–Crippen MR) is 88.4 cm³/mol.